The number of benzene rings is 2. The molecule has 0 aliphatic carbocycles. The molecule has 0 aromatic heterocycles. The summed E-state index contributed by atoms with van der Waals surface area (Å²) in [6.45, 7) is 0. The number of amides is 1. The molecular formula is C17H18ClNO. The van der Waals surface area contributed by atoms with E-state index in [0.717, 1.165) is 24.1 Å². The van der Waals surface area contributed by atoms with Crippen LogP contribution in [0.15, 0.2) is 54.6 Å². The normalized spacial score (nSPS) is 10.2. The van der Waals surface area contributed by atoms with Gasteiger partial charge >= 0.3 is 0 Å². The second-order valence-electron chi connectivity index (χ2n) is 4.72. The number of alkyl halides is 1. The standard InChI is InChI=1S/C17H18ClNO/c18-13-15-9-11-16(12-10-15)19-17(20)8-4-7-14-5-2-1-3-6-14/h1-3,5-6,9-12H,4,7-8,13H2,(H,19,20). The van der Waals surface area contributed by atoms with Crippen LogP contribution in [-0.2, 0) is 17.1 Å². The molecule has 104 valence electrons. The van der Waals surface area contributed by atoms with Crippen LogP contribution >= 0.6 is 11.6 Å². The van der Waals surface area contributed by atoms with E-state index in [9.17, 15) is 4.79 Å². The summed E-state index contributed by atoms with van der Waals surface area (Å²) in [6.07, 6.45) is 2.32. The van der Waals surface area contributed by atoms with Crippen molar-refractivity contribution < 1.29 is 4.79 Å². The zero-order chi connectivity index (χ0) is 14.2. The van der Waals surface area contributed by atoms with Crippen molar-refractivity contribution in [2.45, 2.75) is 25.1 Å². The molecule has 2 aromatic rings. The van der Waals surface area contributed by atoms with Gasteiger partial charge in [0.25, 0.3) is 0 Å². The predicted molar refractivity (Wildman–Crippen MR) is 84.0 cm³/mol. The van der Waals surface area contributed by atoms with E-state index in [0.29, 0.717) is 12.3 Å². The molecule has 0 unspecified atom stereocenters. The van der Waals surface area contributed by atoms with Crippen LogP contribution in [0.3, 0.4) is 0 Å². The van der Waals surface area contributed by atoms with Crippen LogP contribution in [0, 0.1) is 0 Å². The molecule has 0 heterocycles. The number of hydrogen-bond acceptors (Lipinski definition) is 1. The summed E-state index contributed by atoms with van der Waals surface area (Å²) in [5.74, 6) is 0.547. The third-order valence-corrected chi connectivity index (χ3v) is 3.41. The molecule has 3 heteroatoms. The summed E-state index contributed by atoms with van der Waals surface area (Å²) < 4.78 is 0. The molecule has 0 saturated heterocycles. The zero-order valence-electron chi connectivity index (χ0n) is 11.3. The third kappa shape index (κ3) is 4.71. The first-order valence-corrected chi connectivity index (χ1v) is 7.30. The minimum Gasteiger partial charge on any atom is -0.326 e. The molecule has 0 saturated carbocycles. The van der Waals surface area contributed by atoms with E-state index >= 15 is 0 Å². The maximum Gasteiger partial charge on any atom is 0.224 e. The van der Waals surface area contributed by atoms with Crippen molar-refractivity contribution in [1.29, 1.82) is 0 Å². The van der Waals surface area contributed by atoms with Gasteiger partial charge in [0, 0.05) is 18.0 Å². The van der Waals surface area contributed by atoms with Crippen LogP contribution in [-0.4, -0.2) is 5.91 Å². The first-order chi connectivity index (χ1) is 9.78. The maximum atomic E-state index is 11.8. The van der Waals surface area contributed by atoms with Crippen LogP contribution < -0.4 is 5.32 Å². The summed E-state index contributed by atoms with van der Waals surface area (Å²) in [6, 6.07) is 17.8. The molecule has 2 nitrogen and oxygen atoms in total. The summed E-state index contributed by atoms with van der Waals surface area (Å²) >= 11 is 5.72. The number of nitrogens with one attached hydrogen (secondary N) is 1. The van der Waals surface area contributed by atoms with Crippen molar-refractivity contribution in [3.05, 3.63) is 65.7 Å². The summed E-state index contributed by atoms with van der Waals surface area (Å²) in [4.78, 5) is 11.8. The first kappa shape index (κ1) is 14.6. The lowest BCUT2D eigenvalue weighted by Crippen LogP contribution is -2.11. The van der Waals surface area contributed by atoms with Gasteiger partial charge in [-0.2, -0.15) is 0 Å². The molecule has 0 bridgehead atoms. The average molecular weight is 288 g/mol. The van der Waals surface area contributed by atoms with E-state index in [2.05, 4.69) is 17.4 Å². The van der Waals surface area contributed by atoms with Crippen LogP contribution in [0.5, 0.6) is 0 Å². The van der Waals surface area contributed by atoms with Crippen LogP contribution in [0.25, 0.3) is 0 Å². The van der Waals surface area contributed by atoms with Crippen molar-refractivity contribution in [1.82, 2.24) is 0 Å². The zero-order valence-corrected chi connectivity index (χ0v) is 12.1. The Morgan fingerprint density at radius 3 is 2.30 bits per heavy atom. The minimum atomic E-state index is 0.0551. The predicted octanol–water partition coefficient (Wildman–Crippen LogP) is 4.39. The van der Waals surface area contributed by atoms with Crippen molar-refractivity contribution in [2.75, 3.05) is 5.32 Å². The van der Waals surface area contributed by atoms with Gasteiger partial charge in [-0.25, -0.2) is 0 Å². The van der Waals surface area contributed by atoms with E-state index in [1.807, 2.05) is 42.5 Å². The molecular weight excluding hydrogens is 270 g/mol. The fraction of sp³-hybridized carbons (Fsp3) is 0.235. The Balaban J connectivity index is 1.74. The van der Waals surface area contributed by atoms with E-state index < -0.39 is 0 Å². The molecule has 0 radical (unpaired) electrons. The molecule has 0 aliphatic rings. The summed E-state index contributed by atoms with van der Waals surface area (Å²) in [5.41, 5.74) is 3.14. The highest BCUT2D eigenvalue weighted by atomic mass is 35.5. The molecule has 2 aromatic carbocycles. The summed E-state index contributed by atoms with van der Waals surface area (Å²) in [7, 11) is 0. The highest BCUT2D eigenvalue weighted by Gasteiger charge is 2.02. The van der Waals surface area contributed by atoms with Gasteiger partial charge in [0.05, 0.1) is 0 Å². The molecule has 0 spiro atoms. The highest BCUT2D eigenvalue weighted by Crippen LogP contribution is 2.12. The average Bonchev–Trinajstić information content (AvgIpc) is 2.49. The monoisotopic (exact) mass is 287 g/mol. The Labute approximate surface area is 124 Å². The van der Waals surface area contributed by atoms with Gasteiger partial charge in [0.15, 0.2) is 0 Å². The van der Waals surface area contributed by atoms with Gasteiger partial charge in [0.1, 0.15) is 0 Å². The van der Waals surface area contributed by atoms with Gasteiger partial charge < -0.3 is 5.32 Å². The Morgan fingerprint density at radius 2 is 1.65 bits per heavy atom. The number of carbonyl (C=O) groups is 1. The molecule has 0 aliphatic heterocycles. The van der Waals surface area contributed by atoms with Crippen molar-refractivity contribution >= 4 is 23.2 Å². The summed E-state index contributed by atoms with van der Waals surface area (Å²) in [5, 5.41) is 2.90. The Kier molecular flexibility index (Phi) is 5.63. The highest BCUT2D eigenvalue weighted by molar-refractivity contribution is 6.17. The topological polar surface area (TPSA) is 29.1 Å². The minimum absolute atomic E-state index is 0.0551. The van der Waals surface area contributed by atoms with Crippen LogP contribution in [0.2, 0.25) is 0 Å². The second kappa shape index (κ2) is 7.71. The molecule has 0 fully saturated rings. The molecule has 0 atom stereocenters. The van der Waals surface area contributed by atoms with Crippen LogP contribution in [0.4, 0.5) is 5.69 Å². The van der Waals surface area contributed by atoms with Gasteiger partial charge in [-0.3, -0.25) is 4.79 Å². The molecule has 1 amide bonds. The number of hydrogen-bond donors (Lipinski definition) is 1. The van der Waals surface area contributed by atoms with Crippen molar-refractivity contribution in [3.63, 3.8) is 0 Å². The maximum absolute atomic E-state index is 11.8. The van der Waals surface area contributed by atoms with E-state index in [1.165, 1.54) is 5.56 Å². The fourth-order valence-electron chi connectivity index (χ4n) is 2.00. The Bertz CT molecular complexity index is 537. The lowest BCUT2D eigenvalue weighted by molar-refractivity contribution is -0.116. The Morgan fingerprint density at radius 1 is 0.950 bits per heavy atom. The third-order valence-electron chi connectivity index (χ3n) is 3.10. The largest absolute Gasteiger partial charge is 0.326 e. The lowest BCUT2D eigenvalue weighted by atomic mass is 10.1. The van der Waals surface area contributed by atoms with E-state index in [1.54, 1.807) is 0 Å². The quantitative estimate of drug-likeness (QED) is 0.785. The van der Waals surface area contributed by atoms with Gasteiger partial charge in [-0.05, 0) is 36.1 Å². The number of aryl methyl sites for hydroxylation is 1. The number of anilines is 1. The fourth-order valence-corrected chi connectivity index (χ4v) is 2.18. The molecule has 20 heavy (non-hydrogen) atoms. The second-order valence-corrected chi connectivity index (χ2v) is 4.99. The van der Waals surface area contributed by atoms with Crippen LogP contribution in [0.1, 0.15) is 24.0 Å². The molecule has 2 rings (SSSR count). The van der Waals surface area contributed by atoms with E-state index in [4.69, 9.17) is 11.6 Å². The Hall–Kier alpha value is -1.80. The molecule has 1 N–H and O–H groups in total. The van der Waals surface area contributed by atoms with Gasteiger partial charge in [0.2, 0.25) is 5.91 Å². The number of halogens is 1. The van der Waals surface area contributed by atoms with Gasteiger partial charge in [-0.1, -0.05) is 42.5 Å². The van der Waals surface area contributed by atoms with Gasteiger partial charge in [-0.15, -0.1) is 11.6 Å². The number of carbonyl (C=O) groups excluding carboxylic acids is 1. The first-order valence-electron chi connectivity index (χ1n) is 6.76. The van der Waals surface area contributed by atoms with E-state index in [-0.39, 0.29) is 5.91 Å². The smallest absolute Gasteiger partial charge is 0.224 e. The lowest BCUT2D eigenvalue weighted by Gasteiger charge is -2.06. The van der Waals surface area contributed by atoms with Crippen molar-refractivity contribution in [3.8, 4) is 0 Å². The number of rotatable bonds is 6. The van der Waals surface area contributed by atoms with Crippen molar-refractivity contribution in [2.24, 2.45) is 0 Å². The SMILES string of the molecule is O=C(CCCc1ccccc1)Nc1ccc(CCl)cc1.